The van der Waals surface area contributed by atoms with Crippen LogP contribution in [0, 0.1) is 0 Å². The molecular weight excluding hydrogens is 318 g/mol. The number of amides is 1. The van der Waals surface area contributed by atoms with Crippen molar-refractivity contribution in [3.8, 4) is 0 Å². The van der Waals surface area contributed by atoms with Crippen LogP contribution in [0.4, 0.5) is 5.82 Å². The third-order valence-electron chi connectivity index (χ3n) is 2.85. The van der Waals surface area contributed by atoms with Crippen LogP contribution in [0.15, 0.2) is 47.1 Å². The van der Waals surface area contributed by atoms with E-state index in [1.54, 1.807) is 12.3 Å². The number of anilines is 1. The predicted octanol–water partition coefficient (Wildman–Crippen LogP) is 2.84. The monoisotopic (exact) mass is 333 g/mol. The summed E-state index contributed by atoms with van der Waals surface area (Å²) in [6.07, 6.45) is 1.74. The molecule has 1 aromatic carbocycles. The van der Waals surface area contributed by atoms with Gasteiger partial charge in [0, 0.05) is 36.9 Å². The molecule has 1 N–H and O–H groups in total. The average molecular weight is 334 g/mol. The van der Waals surface area contributed by atoms with Crippen molar-refractivity contribution in [3.05, 3.63) is 58.2 Å². The number of nitrogens with one attached hydrogen (secondary N) is 1. The minimum absolute atomic E-state index is 0.106. The van der Waals surface area contributed by atoms with Crippen LogP contribution < -0.4 is 10.2 Å². The first-order valence-electron chi connectivity index (χ1n) is 6.23. The number of hydrogen-bond donors (Lipinski definition) is 1. The second kappa shape index (κ2) is 6.52. The molecule has 0 aliphatic heterocycles. The van der Waals surface area contributed by atoms with Crippen LogP contribution in [0.25, 0.3) is 0 Å². The van der Waals surface area contributed by atoms with Gasteiger partial charge in [-0.3, -0.25) is 4.79 Å². The highest BCUT2D eigenvalue weighted by Gasteiger charge is 2.10. The minimum atomic E-state index is -0.106. The molecule has 20 heavy (non-hydrogen) atoms. The summed E-state index contributed by atoms with van der Waals surface area (Å²) >= 11 is 3.38. The van der Waals surface area contributed by atoms with Crippen LogP contribution in [0.1, 0.15) is 15.9 Å². The Hall–Kier alpha value is -1.88. The zero-order chi connectivity index (χ0) is 14.5. The Morgan fingerprint density at radius 3 is 2.70 bits per heavy atom. The summed E-state index contributed by atoms with van der Waals surface area (Å²) in [6.45, 7) is 0.446. The maximum absolute atomic E-state index is 12.1. The average Bonchev–Trinajstić information content (AvgIpc) is 2.45. The number of rotatable bonds is 4. The van der Waals surface area contributed by atoms with Gasteiger partial charge in [0.15, 0.2) is 0 Å². The molecule has 1 aromatic heterocycles. The normalized spacial score (nSPS) is 10.2. The molecule has 1 heterocycles. The van der Waals surface area contributed by atoms with Gasteiger partial charge < -0.3 is 10.2 Å². The summed E-state index contributed by atoms with van der Waals surface area (Å²) in [5.41, 5.74) is 1.61. The molecule has 1 amide bonds. The summed E-state index contributed by atoms with van der Waals surface area (Å²) in [5, 5.41) is 2.92. The summed E-state index contributed by atoms with van der Waals surface area (Å²) in [4.78, 5) is 18.4. The molecule has 2 rings (SSSR count). The van der Waals surface area contributed by atoms with Gasteiger partial charge in [0.2, 0.25) is 0 Å². The molecule has 4 nitrogen and oxygen atoms in total. The quantitative estimate of drug-likeness (QED) is 0.935. The lowest BCUT2D eigenvalue weighted by Gasteiger charge is -2.16. The molecule has 0 radical (unpaired) electrons. The Bertz CT molecular complexity index is 614. The van der Waals surface area contributed by atoms with Crippen molar-refractivity contribution in [1.82, 2.24) is 10.3 Å². The molecule has 0 bridgehead atoms. The number of benzene rings is 1. The van der Waals surface area contributed by atoms with Gasteiger partial charge in [-0.15, -0.1) is 0 Å². The second-order valence-electron chi connectivity index (χ2n) is 4.54. The highest BCUT2D eigenvalue weighted by atomic mass is 79.9. The van der Waals surface area contributed by atoms with E-state index in [-0.39, 0.29) is 5.91 Å². The van der Waals surface area contributed by atoms with Crippen LogP contribution in [0.5, 0.6) is 0 Å². The number of pyridine rings is 1. The van der Waals surface area contributed by atoms with E-state index in [2.05, 4.69) is 26.2 Å². The van der Waals surface area contributed by atoms with Gasteiger partial charge in [0.1, 0.15) is 5.82 Å². The maximum atomic E-state index is 12.1. The van der Waals surface area contributed by atoms with E-state index in [1.165, 1.54) is 0 Å². The smallest absolute Gasteiger partial charge is 0.252 e. The van der Waals surface area contributed by atoms with E-state index < -0.39 is 0 Å². The highest BCUT2D eigenvalue weighted by molar-refractivity contribution is 9.10. The van der Waals surface area contributed by atoms with Crippen LogP contribution in [-0.2, 0) is 6.54 Å². The van der Waals surface area contributed by atoms with E-state index in [0.717, 1.165) is 15.9 Å². The maximum Gasteiger partial charge on any atom is 0.252 e. The molecule has 0 saturated carbocycles. The number of halogens is 1. The van der Waals surface area contributed by atoms with E-state index in [1.807, 2.05) is 49.3 Å². The molecule has 0 aliphatic carbocycles. The van der Waals surface area contributed by atoms with Crippen LogP contribution in [-0.4, -0.2) is 25.0 Å². The van der Waals surface area contributed by atoms with Crippen molar-refractivity contribution in [2.75, 3.05) is 19.0 Å². The van der Waals surface area contributed by atoms with Gasteiger partial charge in [-0.2, -0.15) is 0 Å². The van der Waals surface area contributed by atoms with Gasteiger partial charge in [0.05, 0.1) is 5.56 Å². The molecular formula is C15H16BrN3O. The lowest BCUT2D eigenvalue weighted by atomic mass is 10.2. The molecule has 0 aliphatic rings. The van der Waals surface area contributed by atoms with Crippen LogP contribution >= 0.6 is 15.9 Å². The molecule has 5 heteroatoms. The van der Waals surface area contributed by atoms with Gasteiger partial charge in [0.25, 0.3) is 5.91 Å². The second-order valence-corrected chi connectivity index (χ2v) is 5.40. The number of nitrogens with zero attached hydrogens (tertiary/aromatic N) is 2. The molecule has 104 valence electrons. The first-order chi connectivity index (χ1) is 9.59. The van der Waals surface area contributed by atoms with E-state index in [0.29, 0.717) is 12.1 Å². The number of aromatic nitrogens is 1. The fraction of sp³-hybridized carbons (Fsp3) is 0.200. The predicted molar refractivity (Wildman–Crippen MR) is 83.9 cm³/mol. The zero-order valence-electron chi connectivity index (χ0n) is 11.4. The molecule has 0 unspecified atom stereocenters. The SMILES string of the molecule is CN(C)c1ncccc1CNC(=O)c1ccccc1Br. The van der Waals surface area contributed by atoms with Gasteiger partial charge in [-0.1, -0.05) is 18.2 Å². The Labute approximate surface area is 127 Å². The van der Waals surface area contributed by atoms with Gasteiger partial charge in [-0.05, 0) is 34.1 Å². The number of carbonyl (C=O) groups excluding carboxylic acids is 1. The Morgan fingerprint density at radius 2 is 2.00 bits per heavy atom. The molecule has 0 saturated heterocycles. The molecule has 0 spiro atoms. The van der Waals surface area contributed by atoms with Crippen molar-refractivity contribution in [2.45, 2.75) is 6.54 Å². The Morgan fingerprint density at radius 1 is 1.25 bits per heavy atom. The topological polar surface area (TPSA) is 45.2 Å². The van der Waals surface area contributed by atoms with Crippen molar-refractivity contribution >= 4 is 27.7 Å². The molecule has 0 fully saturated rings. The van der Waals surface area contributed by atoms with Gasteiger partial charge in [-0.25, -0.2) is 4.98 Å². The molecule has 2 aromatic rings. The third kappa shape index (κ3) is 3.36. The van der Waals surface area contributed by atoms with Crippen molar-refractivity contribution in [1.29, 1.82) is 0 Å². The van der Waals surface area contributed by atoms with E-state index >= 15 is 0 Å². The standard InChI is InChI=1S/C15H16BrN3O/c1-19(2)14-11(6-5-9-17-14)10-18-15(20)12-7-3-4-8-13(12)16/h3-9H,10H2,1-2H3,(H,18,20). The fourth-order valence-corrected chi connectivity index (χ4v) is 2.35. The Balaban J connectivity index is 2.10. The first-order valence-corrected chi connectivity index (χ1v) is 7.03. The number of hydrogen-bond acceptors (Lipinski definition) is 3. The summed E-state index contributed by atoms with van der Waals surface area (Å²) in [5.74, 6) is 0.756. The van der Waals surface area contributed by atoms with Crippen molar-refractivity contribution in [3.63, 3.8) is 0 Å². The summed E-state index contributed by atoms with van der Waals surface area (Å²) < 4.78 is 0.788. The van der Waals surface area contributed by atoms with Gasteiger partial charge >= 0.3 is 0 Å². The Kier molecular flexibility index (Phi) is 4.74. The zero-order valence-corrected chi connectivity index (χ0v) is 13.0. The van der Waals surface area contributed by atoms with Crippen molar-refractivity contribution in [2.24, 2.45) is 0 Å². The van der Waals surface area contributed by atoms with E-state index in [9.17, 15) is 4.79 Å². The lowest BCUT2D eigenvalue weighted by Crippen LogP contribution is -2.24. The summed E-state index contributed by atoms with van der Waals surface area (Å²) in [7, 11) is 3.86. The van der Waals surface area contributed by atoms with Crippen LogP contribution in [0.2, 0.25) is 0 Å². The first kappa shape index (κ1) is 14.5. The van der Waals surface area contributed by atoms with Crippen molar-refractivity contribution < 1.29 is 4.79 Å². The lowest BCUT2D eigenvalue weighted by molar-refractivity contribution is 0.0950. The summed E-state index contributed by atoms with van der Waals surface area (Å²) in [6, 6.07) is 11.2. The third-order valence-corrected chi connectivity index (χ3v) is 3.54. The highest BCUT2D eigenvalue weighted by Crippen LogP contribution is 2.17. The largest absolute Gasteiger partial charge is 0.362 e. The fourth-order valence-electron chi connectivity index (χ4n) is 1.89. The molecule has 0 atom stereocenters. The minimum Gasteiger partial charge on any atom is -0.362 e. The number of carbonyl (C=O) groups is 1. The van der Waals surface area contributed by atoms with Crippen LogP contribution in [0.3, 0.4) is 0 Å². The van der Waals surface area contributed by atoms with E-state index in [4.69, 9.17) is 0 Å².